The van der Waals surface area contributed by atoms with Gasteiger partial charge in [0.15, 0.2) is 5.11 Å². The van der Waals surface area contributed by atoms with E-state index in [1.54, 1.807) is 0 Å². The fraction of sp³-hybridized carbons (Fsp3) is 0.160. The lowest BCUT2D eigenvalue weighted by Crippen LogP contribution is -2.30. The van der Waals surface area contributed by atoms with Gasteiger partial charge in [-0.3, -0.25) is 4.98 Å². The molecule has 5 rings (SSSR count). The molecule has 0 spiro atoms. The molecule has 0 saturated carbocycles. The standard InChI is InChI=1S/C25H23N5S/c1-17-14-18(2)16-19(15-17)30-24(23(28-25(30)31)20-8-3-5-11-26-20)21-9-7-13-29(21)22-10-4-6-12-27-22/h3-16,23-24H,1-2H3,(H,28,31)/t23-,24+/m1/s1. The zero-order chi connectivity index (χ0) is 21.4. The Morgan fingerprint density at radius 3 is 2.29 bits per heavy atom. The predicted octanol–water partition coefficient (Wildman–Crippen LogP) is 5.06. The van der Waals surface area contributed by atoms with Crippen LogP contribution < -0.4 is 10.2 Å². The molecular formula is C25H23N5S. The monoisotopic (exact) mass is 425 g/mol. The van der Waals surface area contributed by atoms with Crippen molar-refractivity contribution in [2.24, 2.45) is 0 Å². The van der Waals surface area contributed by atoms with E-state index in [1.807, 2.05) is 55.0 Å². The SMILES string of the molecule is Cc1cc(C)cc(N2C(=S)N[C@H](c3ccccn3)[C@@H]2c2cccn2-c2ccccn2)c1. The summed E-state index contributed by atoms with van der Waals surface area (Å²) in [7, 11) is 0. The molecule has 1 aromatic carbocycles. The van der Waals surface area contributed by atoms with E-state index in [0.29, 0.717) is 5.11 Å². The molecule has 2 atom stereocenters. The molecule has 3 aromatic heterocycles. The van der Waals surface area contributed by atoms with Gasteiger partial charge in [-0.2, -0.15) is 0 Å². The molecule has 1 N–H and O–H groups in total. The molecule has 1 aliphatic rings. The van der Waals surface area contributed by atoms with Gasteiger partial charge in [-0.15, -0.1) is 0 Å². The first kappa shape index (κ1) is 19.5. The number of aromatic nitrogens is 3. The van der Waals surface area contributed by atoms with Crippen molar-refractivity contribution < 1.29 is 0 Å². The number of hydrogen-bond donors (Lipinski definition) is 1. The van der Waals surface area contributed by atoms with Crippen LogP contribution >= 0.6 is 12.2 Å². The number of thiocarbonyl (C=S) groups is 1. The summed E-state index contributed by atoms with van der Waals surface area (Å²) in [6.07, 6.45) is 5.69. The van der Waals surface area contributed by atoms with Gasteiger partial charge in [-0.05, 0) is 85.7 Å². The molecule has 1 fully saturated rings. The number of nitrogens with zero attached hydrogens (tertiary/aromatic N) is 4. The van der Waals surface area contributed by atoms with Gasteiger partial charge in [-0.1, -0.05) is 18.2 Å². The minimum absolute atomic E-state index is 0.0828. The quantitative estimate of drug-likeness (QED) is 0.463. The molecule has 1 saturated heterocycles. The van der Waals surface area contributed by atoms with E-state index < -0.39 is 0 Å². The van der Waals surface area contributed by atoms with Crippen LogP contribution in [0.3, 0.4) is 0 Å². The van der Waals surface area contributed by atoms with Crippen molar-refractivity contribution in [2.45, 2.75) is 25.9 Å². The van der Waals surface area contributed by atoms with Crippen molar-refractivity contribution in [3.63, 3.8) is 0 Å². The van der Waals surface area contributed by atoms with Crippen molar-refractivity contribution in [3.05, 3.63) is 108 Å². The normalized spacial score (nSPS) is 18.3. The number of aryl methyl sites for hydroxylation is 2. The summed E-state index contributed by atoms with van der Waals surface area (Å²) in [6.45, 7) is 4.23. The van der Waals surface area contributed by atoms with Crippen LogP contribution in [0.25, 0.3) is 5.82 Å². The van der Waals surface area contributed by atoms with E-state index in [9.17, 15) is 0 Å². The fourth-order valence-corrected chi connectivity index (χ4v) is 4.71. The lowest BCUT2D eigenvalue weighted by Gasteiger charge is -2.29. The zero-order valence-electron chi connectivity index (χ0n) is 17.4. The van der Waals surface area contributed by atoms with Crippen molar-refractivity contribution in [1.29, 1.82) is 0 Å². The molecule has 5 nitrogen and oxygen atoms in total. The number of anilines is 1. The lowest BCUT2D eigenvalue weighted by molar-refractivity contribution is 0.548. The van der Waals surface area contributed by atoms with E-state index in [1.165, 1.54) is 11.1 Å². The van der Waals surface area contributed by atoms with Crippen LogP contribution in [0.2, 0.25) is 0 Å². The first-order chi connectivity index (χ1) is 15.1. The summed E-state index contributed by atoms with van der Waals surface area (Å²) in [5.74, 6) is 0.875. The fourth-order valence-electron chi connectivity index (χ4n) is 4.36. The highest BCUT2D eigenvalue weighted by Gasteiger charge is 2.42. The smallest absolute Gasteiger partial charge is 0.174 e. The molecule has 0 radical (unpaired) electrons. The molecule has 1 aliphatic heterocycles. The first-order valence-corrected chi connectivity index (χ1v) is 10.7. The Kier molecular flexibility index (Phi) is 5.00. The number of rotatable bonds is 4. The Morgan fingerprint density at radius 1 is 0.871 bits per heavy atom. The van der Waals surface area contributed by atoms with Crippen molar-refractivity contribution in [3.8, 4) is 5.82 Å². The molecule has 0 aliphatic carbocycles. The molecule has 4 heterocycles. The van der Waals surface area contributed by atoms with Gasteiger partial charge < -0.3 is 14.8 Å². The van der Waals surface area contributed by atoms with Crippen molar-refractivity contribution >= 4 is 23.0 Å². The maximum atomic E-state index is 5.86. The third kappa shape index (κ3) is 3.59. The van der Waals surface area contributed by atoms with Gasteiger partial charge in [0.05, 0.1) is 11.7 Å². The van der Waals surface area contributed by atoms with Crippen molar-refractivity contribution in [2.75, 3.05) is 4.90 Å². The van der Waals surface area contributed by atoms with Crippen LogP contribution in [-0.2, 0) is 0 Å². The molecular weight excluding hydrogens is 402 g/mol. The highest BCUT2D eigenvalue weighted by Crippen LogP contribution is 2.42. The van der Waals surface area contributed by atoms with E-state index in [-0.39, 0.29) is 12.1 Å². The predicted molar refractivity (Wildman–Crippen MR) is 127 cm³/mol. The Hall–Kier alpha value is -3.51. The number of pyridine rings is 2. The van der Waals surface area contributed by atoms with E-state index in [2.05, 4.69) is 68.9 Å². The van der Waals surface area contributed by atoms with Crippen LogP contribution in [0.4, 0.5) is 5.69 Å². The molecule has 31 heavy (non-hydrogen) atoms. The minimum atomic E-state index is -0.0909. The van der Waals surface area contributed by atoms with Gasteiger partial charge in [0.2, 0.25) is 0 Å². The van der Waals surface area contributed by atoms with Crippen LogP contribution in [0.1, 0.15) is 34.6 Å². The second-order valence-electron chi connectivity index (χ2n) is 7.83. The van der Waals surface area contributed by atoms with Crippen LogP contribution in [-0.4, -0.2) is 19.6 Å². The summed E-state index contributed by atoms with van der Waals surface area (Å²) >= 11 is 5.86. The van der Waals surface area contributed by atoms with Gasteiger partial charge in [0, 0.05) is 30.0 Å². The summed E-state index contributed by atoms with van der Waals surface area (Å²) in [5.41, 5.74) is 5.54. The third-order valence-electron chi connectivity index (χ3n) is 5.56. The van der Waals surface area contributed by atoms with Crippen LogP contribution in [0.15, 0.2) is 85.3 Å². The van der Waals surface area contributed by atoms with Crippen LogP contribution in [0, 0.1) is 13.8 Å². The summed E-state index contributed by atoms with van der Waals surface area (Å²) < 4.78 is 2.13. The Bertz CT molecular complexity index is 1200. The molecule has 0 bridgehead atoms. The van der Waals surface area contributed by atoms with Crippen molar-refractivity contribution in [1.82, 2.24) is 19.9 Å². The van der Waals surface area contributed by atoms with Gasteiger partial charge in [0.25, 0.3) is 0 Å². The summed E-state index contributed by atoms with van der Waals surface area (Å²) in [6, 6.07) is 22.5. The number of hydrogen-bond acceptors (Lipinski definition) is 3. The van der Waals surface area contributed by atoms with Crippen LogP contribution in [0.5, 0.6) is 0 Å². The largest absolute Gasteiger partial charge is 0.351 e. The average Bonchev–Trinajstić information content (AvgIpc) is 3.38. The minimum Gasteiger partial charge on any atom is -0.351 e. The maximum absolute atomic E-state index is 5.86. The maximum Gasteiger partial charge on any atom is 0.174 e. The molecule has 4 aromatic rings. The second kappa shape index (κ2) is 7.96. The highest BCUT2D eigenvalue weighted by atomic mass is 32.1. The Morgan fingerprint density at radius 2 is 1.61 bits per heavy atom. The summed E-state index contributed by atoms with van der Waals surface area (Å²) in [5, 5.41) is 4.23. The molecule has 6 heteroatoms. The zero-order valence-corrected chi connectivity index (χ0v) is 18.3. The average molecular weight is 426 g/mol. The number of benzene rings is 1. The van der Waals surface area contributed by atoms with E-state index >= 15 is 0 Å². The topological polar surface area (TPSA) is 46.0 Å². The van der Waals surface area contributed by atoms with Gasteiger partial charge in [0.1, 0.15) is 11.9 Å². The third-order valence-corrected chi connectivity index (χ3v) is 5.88. The van der Waals surface area contributed by atoms with E-state index in [0.717, 1.165) is 22.9 Å². The Balaban J connectivity index is 1.69. The highest BCUT2D eigenvalue weighted by molar-refractivity contribution is 7.80. The Labute approximate surface area is 187 Å². The first-order valence-electron chi connectivity index (χ1n) is 10.3. The van der Waals surface area contributed by atoms with E-state index in [4.69, 9.17) is 12.2 Å². The molecule has 0 amide bonds. The van der Waals surface area contributed by atoms with Gasteiger partial charge >= 0.3 is 0 Å². The lowest BCUT2D eigenvalue weighted by atomic mass is 10.00. The molecule has 154 valence electrons. The summed E-state index contributed by atoms with van der Waals surface area (Å²) in [4.78, 5) is 11.4. The molecule has 0 unspecified atom stereocenters. The number of nitrogens with one attached hydrogen (secondary N) is 1. The second-order valence-corrected chi connectivity index (χ2v) is 8.22. The van der Waals surface area contributed by atoms with Gasteiger partial charge in [-0.25, -0.2) is 4.98 Å².